The Hall–Kier alpha value is -3.35. The van der Waals surface area contributed by atoms with Crippen LogP contribution in [0.3, 0.4) is 0 Å². The molecule has 1 saturated carbocycles. The van der Waals surface area contributed by atoms with E-state index in [0.717, 1.165) is 48.0 Å². The highest BCUT2D eigenvalue weighted by molar-refractivity contribution is 6.01. The van der Waals surface area contributed by atoms with Gasteiger partial charge in [0.2, 0.25) is 5.95 Å². The van der Waals surface area contributed by atoms with E-state index < -0.39 is 0 Å². The van der Waals surface area contributed by atoms with Crippen LogP contribution in [0.1, 0.15) is 25.7 Å². The van der Waals surface area contributed by atoms with Crippen molar-refractivity contribution < 1.29 is 4.79 Å². The molecule has 0 aliphatic heterocycles. The number of hydrogen-bond donors (Lipinski definition) is 3. The molecule has 0 unspecified atom stereocenters. The molecule has 0 bridgehead atoms. The van der Waals surface area contributed by atoms with Crippen molar-refractivity contribution in [1.82, 2.24) is 15.3 Å². The van der Waals surface area contributed by atoms with Crippen LogP contribution in [0.2, 0.25) is 0 Å². The van der Waals surface area contributed by atoms with Crippen LogP contribution in [0.15, 0.2) is 54.7 Å². The summed E-state index contributed by atoms with van der Waals surface area (Å²) >= 11 is 0. The summed E-state index contributed by atoms with van der Waals surface area (Å²) in [5, 5.41) is 11.7. The highest BCUT2D eigenvalue weighted by Gasteiger charge is 2.23. The third-order valence-corrected chi connectivity index (χ3v) is 5.53. The molecule has 7 heteroatoms. The maximum absolute atomic E-state index is 12.5. The lowest BCUT2D eigenvalue weighted by Gasteiger charge is -2.29. The number of urea groups is 1. The number of fused-ring (bicyclic) bond motifs is 1. The average molecular weight is 405 g/mol. The van der Waals surface area contributed by atoms with Crippen molar-refractivity contribution in [2.45, 2.75) is 37.8 Å². The molecule has 4 rings (SSSR count). The van der Waals surface area contributed by atoms with Crippen molar-refractivity contribution >= 4 is 34.3 Å². The quantitative estimate of drug-likeness (QED) is 0.592. The Balaban J connectivity index is 1.28. The Labute approximate surface area is 176 Å². The molecule has 2 amide bonds. The van der Waals surface area contributed by atoms with Gasteiger partial charge in [-0.05, 0) is 43.2 Å². The summed E-state index contributed by atoms with van der Waals surface area (Å²) in [6.07, 6.45) is 5.56. The van der Waals surface area contributed by atoms with E-state index in [1.165, 1.54) is 0 Å². The Kier molecular flexibility index (Phi) is 5.97. The van der Waals surface area contributed by atoms with E-state index in [2.05, 4.69) is 25.9 Å². The zero-order chi connectivity index (χ0) is 20.9. The van der Waals surface area contributed by atoms with E-state index in [9.17, 15) is 4.79 Å². The summed E-state index contributed by atoms with van der Waals surface area (Å²) < 4.78 is 0. The largest absolute Gasteiger partial charge is 0.363 e. The van der Waals surface area contributed by atoms with Crippen LogP contribution < -0.4 is 20.9 Å². The zero-order valence-corrected chi connectivity index (χ0v) is 17.4. The van der Waals surface area contributed by atoms with Crippen LogP contribution in [0.4, 0.5) is 22.2 Å². The number of aromatic nitrogens is 2. The van der Waals surface area contributed by atoms with Crippen molar-refractivity contribution in [3.63, 3.8) is 0 Å². The molecule has 1 heterocycles. The number of benzene rings is 2. The number of amides is 2. The van der Waals surface area contributed by atoms with E-state index in [1.54, 1.807) is 6.20 Å². The lowest BCUT2D eigenvalue weighted by Crippen LogP contribution is -2.42. The summed E-state index contributed by atoms with van der Waals surface area (Å²) in [6.45, 7) is 0. The van der Waals surface area contributed by atoms with Crippen molar-refractivity contribution in [3.8, 4) is 0 Å². The van der Waals surface area contributed by atoms with Crippen LogP contribution in [0, 0.1) is 0 Å². The summed E-state index contributed by atoms with van der Waals surface area (Å²) in [5.41, 5.74) is 0.832. The van der Waals surface area contributed by atoms with Crippen molar-refractivity contribution in [3.05, 3.63) is 54.7 Å². The van der Waals surface area contributed by atoms with Crippen molar-refractivity contribution in [1.29, 1.82) is 0 Å². The summed E-state index contributed by atoms with van der Waals surface area (Å²) in [6, 6.07) is 16.2. The van der Waals surface area contributed by atoms with Gasteiger partial charge < -0.3 is 20.9 Å². The number of anilines is 3. The monoisotopic (exact) mass is 404 g/mol. The molecule has 2 aromatic carbocycles. The molecule has 1 aliphatic carbocycles. The van der Waals surface area contributed by atoms with Gasteiger partial charge in [0.1, 0.15) is 5.82 Å². The molecule has 1 aromatic heterocycles. The lowest BCUT2D eigenvalue weighted by molar-refractivity contribution is 0.243. The minimum atomic E-state index is -0.148. The minimum Gasteiger partial charge on any atom is -0.363 e. The topological polar surface area (TPSA) is 82.2 Å². The maximum Gasteiger partial charge on any atom is 0.319 e. The van der Waals surface area contributed by atoms with Gasteiger partial charge in [-0.15, -0.1) is 0 Å². The molecular weight excluding hydrogens is 376 g/mol. The maximum atomic E-state index is 12.5. The van der Waals surface area contributed by atoms with E-state index in [-0.39, 0.29) is 12.1 Å². The predicted octanol–water partition coefficient (Wildman–Crippen LogP) is 4.24. The van der Waals surface area contributed by atoms with Crippen LogP contribution in [-0.4, -0.2) is 42.2 Å². The Morgan fingerprint density at radius 2 is 1.70 bits per heavy atom. The van der Waals surface area contributed by atoms with Gasteiger partial charge in [0.15, 0.2) is 0 Å². The first-order valence-electron chi connectivity index (χ1n) is 10.4. The Morgan fingerprint density at radius 1 is 0.967 bits per heavy atom. The SMILES string of the molecule is CN(C)c1ccnc(NC2CCC(NC(=O)Nc3cccc4ccccc34)CC2)n1. The number of carbonyl (C=O) groups is 1. The Bertz CT molecular complexity index is 1010. The molecule has 30 heavy (non-hydrogen) atoms. The number of nitrogens with zero attached hydrogens (tertiary/aromatic N) is 3. The molecule has 0 spiro atoms. The lowest BCUT2D eigenvalue weighted by atomic mass is 9.91. The van der Waals surface area contributed by atoms with E-state index in [1.807, 2.05) is 67.5 Å². The third-order valence-electron chi connectivity index (χ3n) is 5.53. The number of carbonyl (C=O) groups excluding carboxylic acids is 1. The first kappa shape index (κ1) is 19.9. The molecule has 3 N–H and O–H groups in total. The second-order valence-electron chi connectivity index (χ2n) is 7.95. The first-order chi connectivity index (χ1) is 14.6. The van der Waals surface area contributed by atoms with Gasteiger partial charge in [-0.1, -0.05) is 36.4 Å². The highest BCUT2D eigenvalue weighted by Crippen LogP contribution is 2.24. The van der Waals surface area contributed by atoms with Gasteiger partial charge in [-0.2, -0.15) is 4.98 Å². The fourth-order valence-corrected chi connectivity index (χ4v) is 3.91. The average Bonchev–Trinajstić information content (AvgIpc) is 2.75. The smallest absolute Gasteiger partial charge is 0.319 e. The second-order valence-corrected chi connectivity index (χ2v) is 7.95. The van der Waals surface area contributed by atoms with Crippen LogP contribution in [-0.2, 0) is 0 Å². The third kappa shape index (κ3) is 4.79. The number of rotatable bonds is 5. The van der Waals surface area contributed by atoms with Gasteiger partial charge in [0.25, 0.3) is 0 Å². The summed E-state index contributed by atoms with van der Waals surface area (Å²) in [5.74, 6) is 1.54. The standard InChI is InChI=1S/C23H28N6O/c1-29(2)21-14-15-24-22(28-21)25-17-10-12-18(13-11-17)26-23(30)27-20-9-5-7-16-6-3-4-8-19(16)20/h3-9,14-15,17-18H,10-13H2,1-2H3,(H,24,25,28)(H2,26,27,30). The van der Waals surface area contributed by atoms with Gasteiger partial charge in [0, 0.05) is 37.8 Å². The highest BCUT2D eigenvalue weighted by atomic mass is 16.2. The molecule has 0 atom stereocenters. The Morgan fingerprint density at radius 3 is 2.50 bits per heavy atom. The van der Waals surface area contributed by atoms with E-state index in [4.69, 9.17) is 0 Å². The normalized spacial score (nSPS) is 18.6. The zero-order valence-electron chi connectivity index (χ0n) is 17.4. The second kappa shape index (κ2) is 8.98. The van der Waals surface area contributed by atoms with Gasteiger partial charge in [-0.3, -0.25) is 0 Å². The van der Waals surface area contributed by atoms with Crippen LogP contribution >= 0.6 is 0 Å². The first-order valence-corrected chi connectivity index (χ1v) is 10.4. The molecule has 156 valence electrons. The molecule has 0 radical (unpaired) electrons. The summed E-state index contributed by atoms with van der Waals surface area (Å²) in [7, 11) is 3.93. The molecule has 1 aliphatic rings. The molecular formula is C23H28N6O. The fraction of sp³-hybridized carbons (Fsp3) is 0.348. The van der Waals surface area contributed by atoms with E-state index >= 15 is 0 Å². The predicted molar refractivity (Wildman–Crippen MR) is 122 cm³/mol. The van der Waals surface area contributed by atoms with Gasteiger partial charge in [-0.25, -0.2) is 9.78 Å². The van der Waals surface area contributed by atoms with Crippen molar-refractivity contribution in [2.75, 3.05) is 29.6 Å². The molecule has 0 saturated heterocycles. The molecule has 7 nitrogen and oxygen atoms in total. The fourth-order valence-electron chi connectivity index (χ4n) is 3.91. The summed E-state index contributed by atoms with van der Waals surface area (Å²) in [4.78, 5) is 23.4. The molecule has 1 fully saturated rings. The number of nitrogens with one attached hydrogen (secondary N) is 3. The number of hydrogen-bond acceptors (Lipinski definition) is 5. The molecule has 3 aromatic rings. The minimum absolute atomic E-state index is 0.148. The van der Waals surface area contributed by atoms with Gasteiger partial charge >= 0.3 is 6.03 Å². The van der Waals surface area contributed by atoms with Crippen LogP contribution in [0.5, 0.6) is 0 Å². The van der Waals surface area contributed by atoms with E-state index in [0.29, 0.717) is 12.0 Å². The van der Waals surface area contributed by atoms with Gasteiger partial charge in [0.05, 0.1) is 5.69 Å². The van der Waals surface area contributed by atoms with Crippen LogP contribution in [0.25, 0.3) is 10.8 Å². The van der Waals surface area contributed by atoms with Crippen molar-refractivity contribution in [2.24, 2.45) is 0 Å².